The highest BCUT2D eigenvalue weighted by Crippen LogP contribution is 2.09. The van der Waals surface area contributed by atoms with E-state index in [1.807, 2.05) is 6.07 Å². The molecule has 0 fully saturated rings. The molecule has 6 heteroatoms. The molecule has 2 aromatic rings. The van der Waals surface area contributed by atoms with Gasteiger partial charge >= 0.3 is 0 Å². The fraction of sp³-hybridized carbons (Fsp3) is 0. The Hall–Kier alpha value is -2.73. The van der Waals surface area contributed by atoms with Crippen molar-refractivity contribution >= 4 is 34.8 Å². The smallest absolute Gasteiger partial charge is 0.257 e. The predicted molar refractivity (Wildman–Crippen MR) is 85.1 cm³/mol. The summed E-state index contributed by atoms with van der Waals surface area (Å²) in [6.45, 7) is 0. The average Bonchev–Trinajstić information content (AvgIpc) is 2.48. The molecule has 0 aliphatic heterocycles. The number of amides is 2. The number of rotatable bonds is 3. The maximum atomic E-state index is 11.9. The van der Waals surface area contributed by atoms with E-state index in [1.165, 1.54) is 0 Å². The minimum absolute atomic E-state index is 0.177. The molecule has 0 aliphatic rings. The number of hydrogen-bond donors (Lipinski definition) is 3. The first-order valence-corrected chi connectivity index (χ1v) is 6.54. The van der Waals surface area contributed by atoms with E-state index in [-0.39, 0.29) is 11.0 Å². The summed E-state index contributed by atoms with van der Waals surface area (Å²) in [5, 5.41) is 5.60. The largest absolute Gasteiger partial charge is 0.366 e. The average molecular weight is 299 g/mol. The Balaban J connectivity index is 1.95. The molecule has 2 aromatic carbocycles. The summed E-state index contributed by atoms with van der Waals surface area (Å²) >= 11 is 5.06. The van der Waals surface area contributed by atoms with Crippen LogP contribution in [0.5, 0.6) is 0 Å². The molecule has 2 rings (SSSR count). The summed E-state index contributed by atoms with van der Waals surface area (Å²) in [7, 11) is 0. The van der Waals surface area contributed by atoms with E-state index in [4.69, 9.17) is 18.0 Å². The second kappa shape index (κ2) is 6.62. The molecular formula is C15H13N3O2S. The van der Waals surface area contributed by atoms with Crippen LogP contribution < -0.4 is 16.4 Å². The van der Waals surface area contributed by atoms with Gasteiger partial charge in [-0.15, -0.1) is 0 Å². The number of carbonyl (C=O) groups excluding carboxylic acids is 2. The molecule has 0 aromatic heterocycles. The Morgan fingerprint density at radius 2 is 1.52 bits per heavy atom. The summed E-state index contributed by atoms with van der Waals surface area (Å²) in [5.74, 6) is -0.789. The van der Waals surface area contributed by atoms with Gasteiger partial charge in [0.05, 0.1) is 0 Å². The molecule has 106 valence electrons. The standard InChI is InChI=1S/C15H13N3O2S/c16-13(19)10-6-8-12(9-7-10)17-15(21)18-14(20)11-4-2-1-3-5-11/h1-9H,(H2,16,19)(H2,17,18,20,21). The van der Waals surface area contributed by atoms with Gasteiger partial charge in [0.25, 0.3) is 5.91 Å². The van der Waals surface area contributed by atoms with E-state index in [0.717, 1.165) is 0 Å². The number of nitrogens with two attached hydrogens (primary N) is 1. The summed E-state index contributed by atoms with van der Waals surface area (Å²) in [6.07, 6.45) is 0. The molecule has 0 unspecified atom stereocenters. The topological polar surface area (TPSA) is 84.2 Å². The third kappa shape index (κ3) is 4.12. The SMILES string of the molecule is NC(=O)c1ccc(NC(=S)NC(=O)c2ccccc2)cc1. The van der Waals surface area contributed by atoms with Crippen molar-refractivity contribution in [3.63, 3.8) is 0 Å². The van der Waals surface area contributed by atoms with Crippen molar-refractivity contribution in [3.05, 3.63) is 65.7 Å². The van der Waals surface area contributed by atoms with E-state index in [2.05, 4.69) is 10.6 Å². The van der Waals surface area contributed by atoms with Gasteiger partial charge in [-0.25, -0.2) is 0 Å². The molecule has 0 bridgehead atoms. The zero-order chi connectivity index (χ0) is 15.2. The lowest BCUT2D eigenvalue weighted by atomic mass is 10.2. The fourth-order valence-corrected chi connectivity index (χ4v) is 1.86. The van der Waals surface area contributed by atoms with Gasteiger partial charge in [-0.3, -0.25) is 14.9 Å². The quantitative estimate of drug-likeness (QED) is 0.756. The van der Waals surface area contributed by atoms with Crippen LogP contribution in [0.4, 0.5) is 5.69 Å². The third-order valence-corrected chi connectivity index (χ3v) is 2.89. The van der Waals surface area contributed by atoms with Crippen molar-refractivity contribution in [2.45, 2.75) is 0 Å². The zero-order valence-corrected chi connectivity index (χ0v) is 11.8. The Morgan fingerprint density at radius 3 is 2.10 bits per heavy atom. The molecule has 0 saturated heterocycles. The molecule has 2 amide bonds. The predicted octanol–water partition coefficient (Wildman–Crippen LogP) is 1.91. The number of thiocarbonyl (C=S) groups is 1. The van der Waals surface area contributed by atoms with Gasteiger partial charge in [-0.2, -0.15) is 0 Å². The summed E-state index contributed by atoms with van der Waals surface area (Å²) in [5.41, 5.74) is 6.73. The second-order valence-electron chi connectivity index (χ2n) is 4.22. The van der Waals surface area contributed by atoms with Gasteiger partial charge in [0.2, 0.25) is 5.91 Å². The molecule has 4 N–H and O–H groups in total. The van der Waals surface area contributed by atoms with Crippen molar-refractivity contribution in [1.29, 1.82) is 0 Å². The molecule has 0 spiro atoms. The van der Waals surface area contributed by atoms with Gasteiger partial charge in [0.1, 0.15) is 0 Å². The maximum absolute atomic E-state index is 11.9. The minimum atomic E-state index is -0.499. The molecular weight excluding hydrogens is 286 g/mol. The van der Waals surface area contributed by atoms with E-state index >= 15 is 0 Å². The highest BCUT2D eigenvalue weighted by Gasteiger charge is 2.07. The number of benzene rings is 2. The Bertz CT molecular complexity index is 669. The van der Waals surface area contributed by atoms with Gasteiger partial charge < -0.3 is 11.1 Å². The minimum Gasteiger partial charge on any atom is -0.366 e. The number of hydrogen-bond acceptors (Lipinski definition) is 3. The van der Waals surface area contributed by atoms with Crippen LogP contribution in [-0.2, 0) is 0 Å². The molecule has 0 aliphatic carbocycles. The van der Waals surface area contributed by atoms with Crippen molar-refractivity contribution in [2.24, 2.45) is 5.73 Å². The van der Waals surface area contributed by atoms with E-state index in [0.29, 0.717) is 16.8 Å². The van der Waals surface area contributed by atoms with Crippen molar-refractivity contribution in [1.82, 2.24) is 5.32 Å². The van der Waals surface area contributed by atoms with E-state index < -0.39 is 5.91 Å². The second-order valence-corrected chi connectivity index (χ2v) is 4.62. The van der Waals surface area contributed by atoms with Crippen LogP contribution >= 0.6 is 12.2 Å². The molecule has 0 saturated carbocycles. The first-order chi connectivity index (χ1) is 10.1. The zero-order valence-electron chi connectivity index (χ0n) is 11.0. The van der Waals surface area contributed by atoms with Gasteiger partial charge in [0.15, 0.2) is 5.11 Å². The third-order valence-electron chi connectivity index (χ3n) is 2.69. The van der Waals surface area contributed by atoms with Crippen LogP contribution in [0.1, 0.15) is 20.7 Å². The molecule has 0 heterocycles. The van der Waals surface area contributed by atoms with Crippen molar-refractivity contribution < 1.29 is 9.59 Å². The lowest BCUT2D eigenvalue weighted by Gasteiger charge is -2.09. The fourth-order valence-electron chi connectivity index (χ4n) is 1.64. The lowest BCUT2D eigenvalue weighted by molar-refractivity contribution is 0.0975. The van der Waals surface area contributed by atoms with Crippen molar-refractivity contribution in [3.8, 4) is 0 Å². The number of primary amides is 1. The first kappa shape index (κ1) is 14.7. The molecule has 0 atom stereocenters. The highest BCUT2D eigenvalue weighted by atomic mass is 32.1. The lowest BCUT2D eigenvalue weighted by Crippen LogP contribution is -2.34. The summed E-state index contributed by atoms with van der Waals surface area (Å²) in [4.78, 5) is 22.8. The number of anilines is 1. The van der Waals surface area contributed by atoms with Crippen LogP contribution in [0.15, 0.2) is 54.6 Å². The molecule has 0 radical (unpaired) electrons. The number of nitrogens with one attached hydrogen (secondary N) is 2. The van der Waals surface area contributed by atoms with Gasteiger partial charge in [-0.05, 0) is 48.6 Å². The highest BCUT2D eigenvalue weighted by molar-refractivity contribution is 7.80. The monoisotopic (exact) mass is 299 g/mol. The van der Waals surface area contributed by atoms with E-state index in [9.17, 15) is 9.59 Å². The summed E-state index contributed by atoms with van der Waals surface area (Å²) < 4.78 is 0. The van der Waals surface area contributed by atoms with Crippen LogP contribution in [-0.4, -0.2) is 16.9 Å². The Morgan fingerprint density at radius 1 is 0.905 bits per heavy atom. The van der Waals surface area contributed by atoms with Crippen LogP contribution in [0.2, 0.25) is 0 Å². The molecule has 21 heavy (non-hydrogen) atoms. The Labute approximate surface area is 127 Å². The maximum Gasteiger partial charge on any atom is 0.257 e. The van der Waals surface area contributed by atoms with Crippen LogP contribution in [0.25, 0.3) is 0 Å². The Kier molecular flexibility index (Phi) is 4.63. The first-order valence-electron chi connectivity index (χ1n) is 6.13. The number of carbonyl (C=O) groups is 2. The van der Waals surface area contributed by atoms with Crippen molar-refractivity contribution in [2.75, 3.05) is 5.32 Å². The van der Waals surface area contributed by atoms with Gasteiger partial charge in [-0.1, -0.05) is 18.2 Å². The van der Waals surface area contributed by atoms with Crippen LogP contribution in [0, 0.1) is 0 Å². The normalized spacial score (nSPS) is 9.71. The van der Waals surface area contributed by atoms with Crippen LogP contribution in [0.3, 0.4) is 0 Å². The van der Waals surface area contributed by atoms with Gasteiger partial charge in [0, 0.05) is 16.8 Å². The molecule has 5 nitrogen and oxygen atoms in total. The summed E-state index contributed by atoms with van der Waals surface area (Å²) in [6, 6.07) is 15.2. The van der Waals surface area contributed by atoms with E-state index in [1.54, 1.807) is 48.5 Å².